The first-order chi connectivity index (χ1) is 12.2. The maximum atomic E-state index is 10.3. The van der Waals surface area contributed by atoms with Crippen LogP contribution < -0.4 is 0 Å². The molecule has 1 saturated heterocycles. The number of hydrogen-bond donors (Lipinski definition) is 4. The molecule has 0 amide bonds. The topological polar surface area (TPSA) is 99.4 Å². The van der Waals surface area contributed by atoms with Crippen molar-refractivity contribution >= 4 is 0 Å². The molecule has 0 radical (unpaired) electrons. The van der Waals surface area contributed by atoms with Gasteiger partial charge in [0, 0.05) is 0 Å². The van der Waals surface area contributed by atoms with Gasteiger partial charge in [-0.3, -0.25) is 0 Å². The van der Waals surface area contributed by atoms with E-state index in [2.05, 4.69) is 20.8 Å². The summed E-state index contributed by atoms with van der Waals surface area (Å²) in [4.78, 5) is 0. The Morgan fingerprint density at radius 1 is 0.962 bits per heavy atom. The molecule has 0 bridgehead atoms. The Labute approximate surface area is 156 Å². The van der Waals surface area contributed by atoms with Crippen LogP contribution in [0, 0.1) is 17.3 Å². The quantitative estimate of drug-likeness (QED) is 0.579. The van der Waals surface area contributed by atoms with E-state index in [1.807, 2.05) is 0 Å². The maximum Gasteiger partial charge on any atom is 0.111 e. The number of rotatable bonds is 5. The zero-order valence-electron chi connectivity index (χ0n) is 16.3. The van der Waals surface area contributed by atoms with Crippen LogP contribution >= 0.6 is 0 Å². The molecule has 6 heteroatoms. The van der Waals surface area contributed by atoms with E-state index in [1.54, 1.807) is 0 Å². The van der Waals surface area contributed by atoms with Gasteiger partial charge < -0.3 is 29.9 Å². The molecule has 1 heterocycles. The summed E-state index contributed by atoms with van der Waals surface area (Å²) in [6.45, 7) is 6.36. The van der Waals surface area contributed by atoms with Gasteiger partial charge in [-0.15, -0.1) is 0 Å². The molecule has 0 aromatic carbocycles. The number of aliphatic hydroxyl groups is 4. The summed E-state index contributed by atoms with van der Waals surface area (Å²) in [6, 6.07) is 0. The van der Waals surface area contributed by atoms with Gasteiger partial charge in [-0.05, 0) is 55.8 Å². The first kappa shape index (κ1) is 20.5. The van der Waals surface area contributed by atoms with Crippen molar-refractivity contribution in [3.63, 3.8) is 0 Å². The highest BCUT2D eigenvalue weighted by Crippen LogP contribution is 2.48. The lowest BCUT2D eigenvalue weighted by Crippen LogP contribution is -2.58. The highest BCUT2D eigenvalue weighted by molar-refractivity contribution is 4.97. The van der Waals surface area contributed by atoms with Crippen LogP contribution in [0.25, 0.3) is 0 Å². The van der Waals surface area contributed by atoms with E-state index in [1.165, 1.54) is 6.42 Å². The van der Waals surface area contributed by atoms with Crippen LogP contribution in [0.2, 0.25) is 0 Å². The highest BCUT2D eigenvalue weighted by atomic mass is 16.5. The molecule has 5 unspecified atom stereocenters. The van der Waals surface area contributed by atoms with Gasteiger partial charge in [-0.1, -0.05) is 20.8 Å². The van der Waals surface area contributed by atoms with Crippen molar-refractivity contribution in [1.82, 2.24) is 0 Å². The largest absolute Gasteiger partial charge is 0.394 e. The molecule has 6 nitrogen and oxygen atoms in total. The van der Waals surface area contributed by atoms with Crippen LogP contribution in [0.4, 0.5) is 0 Å². The molecule has 1 aliphatic heterocycles. The van der Waals surface area contributed by atoms with E-state index in [-0.39, 0.29) is 18.1 Å². The summed E-state index contributed by atoms with van der Waals surface area (Å²) >= 11 is 0. The van der Waals surface area contributed by atoms with Crippen molar-refractivity contribution in [2.24, 2.45) is 17.3 Å². The molecule has 26 heavy (non-hydrogen) atoms. The molecular formula is C20H36O6. The smallest absolute Gasteiger partial charge is 0.111 e. The summed E-state index contributed by atoms with van der Waals surface area (Å²) in [5.74, 6) is 1.05. The van der Waals surface area contributed by atoms with Gasteiger partial charge in [0.15, 0.2) is 0 Å². The molecule has 3 aliphatic rings. The maximum absolute atomic E-state index is 10.3. The lowest BCUT2D eigenvalue weighted by Gasteiger charge is -2.42. The molecule has 0 spiro atoms. The average Bonchev–Trinajstić information content (AvgIpc) is 3.10. The molecular weight excluding hydrogens is 336 g/mol. The molecule has 0 aromatic heterocycles. The molecule has 4 N–H and O–H groups in total. The molecule has 0 aromatic rings. The summed E-state index contributed by atoms with van der Waals surface area (Å²) in [5, 5.41) is 39.7. The van der Waals surface area contributed by atoms with Gasteiger partial charge in [0.25, 0.3) is 0 Å². The van der Waals surface area contributed by atoms with E-state index < -0.39 is 30.5 Å². The monoisotopic (exact) mass is 372 g/mol. The summed E-state index contributed by atoms with van der Waals surface area (Å²) in [6.07, 6.45) is 1.52. The standard InChI is InChI=1S/C20H36O6/c1-11-4-5-13(6-11)25-14-7-12(20(2,3)9-14)8-15-17(22)19(24)18(23)16(10-21)26-15/h11-19,21-24H,4-10H2,1-3H3/t11?,12?,13?,14?,15?,16-,17+,18+,19-/m1/s1. The Morgan fingerprint density at radius 3 is 2.27 bits per heavy atom. The van der Waals surface area contributed by atoms with Gasteiger partial charge in [0.05, 0.1) is 24.9 Å². The third-order valence-corrected chi connectivity index (χ3v) is 6.95. The number of aliphatic hydroxyl groups excluding tert-OH is 4. The predicted octanol–water partition coefficient (Wildman–Crippen LogP) is 1.23. The SMILES string of the molecule is CC1CCC(OC2CC(CC3O[C@H](CO)[C@H](O)[C@H](O)[C@H]3O)C(C)(C)C2)C1. The Bertz CT molecular complexity index is 467. The number of ether oxygens (including phenoxy) is 2. The minimum absolute atomic E-state index is 0.0632. The second-order valence-corrected chi connectivity index (χ2v) is 9.53. The van der Waals surface area contributed by atoms with Crippen LogP contribution in [0.1, 0.15) is 59.3 Å². The Hall–Kier alpha value is -0.240. The fraction of sp³-hybridized carbons (Fsp3) is 1.00. The average molecular weight is 373 g/mol. The minimum atomic E-state index is -1.29. The van der Waals surface area contributed by atoms with Crippen molar-refractivity contribution < 1.29 is 29.9 Å². The van der Waals surface area contributed by atoms with Crippen LogP contribution in [-0.4, -0.2) is 69.8 Å². The van der Waals surface area contributed by atoms with E-state index >= 15 is 0 Å². The first-order valence-corrected chi connectivity index (χ1v) is 10.2. The highest BCUT2D eigenvalue weighted by Gasteiger charge is 2.48. The van der Waals surface area contributed by atoms with Crippen molar-refractivity contribution in [2.45, 2.75) is 102 Å². The number of hydrogen-bond acceptors (Lipinski definition) is 6. The fourth-order valence-electron chi connectivity index (χ4n) is 5.20. The molecule has 3 fully saturated rings. The van der Waals surface area contributed by atoms with Gasteiger partial charge in [-0.2, -0.15) is 0 Å². The van der Waals surface area contributed by atoms with E-state index in [4.69, 9.17) is 9.47 Å². The van der Waals surface area contributed by atoms with Crippen molar-refractivity contribution in [3.8, 4) is 0 Å². The molecule has 152 valence electrons. The second kappa shape index (κ2) is 8.02. The van der Waals surface area contributed by atoms with Gasteiger partial charge >= 0.3 is 0 Å². The summed E-state index contributed by atoms with van der Waals surface area (Å²) < 4.78 is 12.1. The molecule has 2 aliphatic carbocycles. The Balaban J connectivity index is 1.59. The molecule has 3 rings (SSSR count). The lowest BCUT2D eigenvalue weighted by atomic mass is 9.77. The zero-order valence-corrected chi connectivity index (χ0v) is 16.3. The predicted molar refractivity (Wildman–Crippen MR) is 96.6 cm³/mol. The lowest BCUT2D eigenvalue weighted by molar-refractivity contribution is -0.233. The third-order valence-electron chi connectivity index (χ3n) is 6.95. The van der Waals surface area contributed by atoms with E-state index in [9.17, 15) is 20.4 Å². The van der Waals surface area contributed by atoms with Crippen LogP contribution in [0.3, 0.4) is 0 Å². The normalized spacial score (nSPS) is 48.8. The summed E-state index contributed by atoms with van der Waals surface area (Å²) in [7, 11) is 0. The minimum Gasteiger partial charge on any atom is -0.394 e. The van der Waals surface area contributed by atoms with Gasteiger partial charge in [0.2, 0.25) is 0 Å². The Kier molecular flexibility index (Phi) is 6.32. The summed E-state index contributed by atoms with van der Waals surface area (Å²) in [5.41, 5.74) is 0.0632. The van der Waals surface area contributed by atoms with Crippen molar-refractivity contribution in [3.05, 3.63) is 0 Å². The van der Waals surface area contributed by atoms with Crippen molar-refractivity contribution in [2.75, 3.05) is 6.61 Å². The van der Waals surface area contributed by atoms with E-state index in [0.29, 0.717) is 18.4 Å². The Morgan fingerprint density at radius 2 is 1.65 bits per heavy atom. The van der Waals surface area contributed by atoms with Crippen molar-refractivity contribution in [1.29, 1.82) is 0 Å². The third kappa shape index (κ3) is 4.26. The second-order valence-electron chi connectivity index (χ2n) is 9.53. The molecule has 9 atom stereocenters. The van der Waals surface area contributed by atoms with Crippen LogP contribution in [-0.2, 0) is 9.47 Å². The van der Waals surface area contributed by atoms with Gasteiger partial charge in [-0.25, -0.2) is 0 Å². The fourth-order valence-corrected chi connectivity index (χ4v) is 5.20. The van der Waals surface area contributed by atoms with E-state index in [0.717, 1.165) is 31.6 Å². The van der Waals surface area contributed by atoms with Crippen LogP contribution in [0.15, 0.2) is 0 Å². The molecule has 2 saturated carbocycles. The first-order valence-electron chi connectivity index (χ1n) is 10.2. The van der Waals surface area contributed by atoms with Crippen LogP contribution in [0.5, 0.6) is 0 Å². The zero-order chi connectivity index (χ0) is 19.1. The van der Waals surface area contributed by atoms with Gasteiger partial charge in [0.1, 0.15) is 24.4 Å².